The van der Waals surface area contributed by atoms with Gasteiger partial charge < -0.3 is 15.8 Å². The van der Waals surface area contributed by atoms with Crippen molar-refractivity contribution in [3.63, 3.8) is 0 Å². The Balaban J connectivity index is 2.46. The number of pyridine rings is 1. The van der Waals surface area contributed by atoms with Crippen LogP contribution >= 0.6 is 0 Å². The summed E-state index contributed by atoms with van der Waals surface area (Å²) in [6.07, 6.45) is 1.50. The number of nitrogen functional groups attached to an aromatic ring is 1. The van der Waals surface area contributed by atoms with E-state index in [9.17, 15) is 4.79 Å². The number of carbonyl (C=O) groups is 1. The topological polar surface area (TPSA) is 92.0 Å². The fourth-order valence-electron chi connectivity index (χ4n) is 1.35. The Bertz CT molecular complexity index is 490. The number of carboxylic acid groups (broad SMARTS) is 1. The Morgan fingerprint density at radius 2 is 2.36 bits per heavy atom. The van der Waals surface area contributed by atoms with E-state index >= 15 is 0 Å². The summed E-state index contributed by atoms with van der Waals surface area (Å²) in [5.74, 6) is -0.871. The van der Waals surface area contributed by atoms with Crippen LogP contribution in [0.3, 0.4) is 0 Å². The highest BCUT2D eigenvalue weighted by atomic mass is 16.4. The van der Waals surface area contributed by atoms with Gasteiger partial charge >= 0.3 is 5.97 Å². The first kappa shape index (κ1) is 8.55. The van der Waals surface area contributed by atoms with Crippen LogP contribution in [0.25, 0.3) is 11.0 Å². The van der Waals surface area contributed by atoms with Gasteiger partial charge in [0.05, 0.1) is 18.3 Å². The standard InChI is InChI=1S/C9H9N3O2/c10-6-1-5-2-7(3-8(13)14)12-9(5)11-4-6/h1-2,4H,3,10H2,(H,11,12)(H,13,14). The number of nitrogens with zero attached hydrogens (tertiary/aromatic N) is 1. The third kappa shape index (κ3) is 1.52. The van der Waals surface area contributed by atoms with Crippen molar-refractivity contribution in [3.8, 4) is 0 Å². The highest BCUT2D eigenvalue weighted by Gasteiger charge is 2.05. The number of nitrogens with two attached hydrogens (primary N) is 1. The van der Waals surface area contributed by atoms with Gasteiger partial charge in [0.15, 0.2) is 0 Å². The number of rotatable bonds is 2. The summed E-state index contributed by atoms with van der Waals surface area (Å²) in [4.78, 5) is 17.4. The second-order valence-corrected chi connectivity index (χ2v) is 3.07. The number of carboxylic acids is 1. The fourth-order valence-corrected chi connectivity index (χ4v) is 1.35. The molecule has 72 valence electrons. The van der Waals surface area contributed by atoms with E-state index in [1.54, 1.807) is 12.1 Å². The summed E-state index contributed by atoms with van der Waals surface area (Å²) in [7, 11) is 0. The molecule has 0 aliphatic rings. The molecule has 4 N–H and O–H groups in total. The molecular weight excluding hydrogens is 182 g/mol. The second kappa shape index (κ2) is 3.02. The van der Waals surface area contributed by atoms with Gasteiger partial charge in [0, 0.05) is 11.1 Å². The number of anilines is 1. The number of aliphatic carboxylic acids is 1. The molecule has 0 atom stereocenters. The lowest BCUT2D eigenvalue weighted by molar-refractivity contribution is -0.136. The van der Waals surface area contributed by atoms with Gasteiger partial charge in [-0.25, -0.2) is 4.98 Å². The second-order valence-electron chi connectivity index (χ2n) is 3.07. The summed E-state index contributed by atoms with van der Waals surface area (Å²) < 4.78 is 0. The van der Waals surface area contributed by atoms with Crippen LogP contribution in [0.1, 0.15) is 5.69 Å². The van der Waals surface area contributed by atoms with E-state index in [0.717, 1.165) is 5.39 Å². The number of aromatic nitrogens is 2. The van der Waals surface area contributed by atoms with Crippen LogP contribution < -0.4 is 5.73 Å². The van der Waals surface area contributed by atoms with Gasteiger partial charge in [0.1, 0.15) is 5.65 Å². The lowest BCUT2D eigenvalue weighted by atomic mass is 10.2. The normalized spacial score (nSPS) is 10.6. The highest BCUT2D eigenvalue weighted by molar-refractivity contribution is 5.81. The smallest absolute Gasteiger partial charge is 0.309 e. The lowest BCUT2D eigenvalue weighted by Crippen LogP contribution is -1.99. The summed E-state index contributed by atoms with van der Waals surface area (Å²) in [5.41, 5.74) is 7.40. The van der Waals surface area contributed by atoms with E-state index in [4.69, 9.17) is 10.8 Å². The van der Waals surface area contributed by atoms with Gasteiger partial charge in [-0.15, -0.1) is 0 Å². The van der Waals surface area contributed by atoms with Crippen LogP contribution in [0.2, 0.25) is 0 Å². The average Bonchev–Trinajstić information content (AvgIpc) is 2.44. The van der Waals surface area contributed by atoms with Crippen molar-refractivity contribution in [2.75, 3.05) is 5.73 Å². The van der Waals surface area contributed by atoms with Crippen LogP contribution in [0, 0.1) is 0 Å². The van der Waals surface area contributed by atoms with Gasteiger partial charge in [0.2, 0.25) is 0 Å². The molecule has 0 unspecified atom stereocenters. The molecule has 5 heteroatoms. The molecule has 0 saturated carbocycles. The third-order valence-corrected chi connectivity index (χ3v) is 1.89. The molecule has 2 aromatic rings. The van der Waals surface area contributed by atoms with E-state index in [0.29, 0.717) is 17.0 Å². The molecule has 0 bridgehead atoms. The number of fused-ring (bicyclic) bond motifs is 1. The van der Waals surface area contributed by atoms with Crippen LogP contribution in [0.4, 0.5) is 5.69 Å². The predicted molar refractivity (Wildman–Crippen MR) is 51.8 cm³/mol. The molecule has 0 aliphatic heterocycles. The van der Waals surface area contributed by atoms with E-state index in [1.165, 1.54) is 6.20 Å². The van der Waals surface area contributed by atoms with Crippen molar-refractivity contribution in [2.24, 2.45) is 0 Å². The molecule has 0 aliphatic carbocycles. The molecule has 0 aromatic carbocycles. The summed E-state index contributed by atoms with van der Waals surface area (Å²) in [6, 6.07) is 3.50. The molecule has 0 fully saturated rings. The molecule has 0 saturated heterocycles. The summed E-state index contributed by atoms with van der Waals surface area (Å²) in [6.45, 7) is 0. The van der Waals surface area contributed by atoms with Gasteiger partial charge in [-0.3, -0.25) is 4.79 Å². The molecule has 14 heavy (non-hydrogen) atoms. The zero-order valence-electron chi connectivity index (χ0n) is 7.32. The molecule has 2 aromatic heterocycles. The minimum atomic E-state index is -0.871. The molecular formula is C9H9N3O2. The van der Waals surface area contributed by atoms with Crippen molar-refractivity contribution in [2.45, 2.75) is 6.42 Å². The maximum Gasteiger partial charge on any atom is 0.309 e. The van der Waals surface area contributed by atoms with Gasteiger partial charge in [-0.1, -0.05) is 0 Å². The van der Waals surface area contributed by atoms with E-state index < -0.39 is 5.97 Å². The number of hydrogen-bond donors (Lipinski definition) is 3. The maximum atomic E-state index is 10.4. The molecule has 0 amide bonds. The van der Waals surface area contributed by atoms with E-state index in [-0.39, 0.29) is 6.42 Å². The number of hydrogen-bond acceptors (Lipinski definition) is 3. The summed E-state index contributed by atoms with van der Waals surface area (Å²) >= 11 is 0. The lowest BCUT2D eigenvalue weighted by Gasteiger charge is -1.90. The largest absolute Gasteiger partial charge is 0.481 e. The van der Waals surface area contributed by atoms with Crippen LogP contribution in [0.15, 0.2) is 18.3 Å². The van der Waals surface area contributed by atoms with Crippen molar-refractivity contribution in [3.05, 3.63) is 24.0 Å². The van der Waals surface area contributed by atoms with Crippen LogP contribution in [0.5, 0.6) is 0 Å². The Morgan fingerprint density at radius 1 is 1.57 bits per heavy atom. The van der Waals surface area contributed by atoms with Crippen molar-refractivity contribution in [1.29, 1.82) is 0 Å². The predicted octanol–water partition coefficient (Wildman–Crippen LogP) is 0.772. The van der Waals surface area contributed by atoms with Gasteiger partial charge in [-0.2, -0.15) is 0 Å². The van der Waals surface area contributed by atoms with Gasteiger partial charge in [-0.05, 0) is 12.1 Å². The molecule has 0 radical (unpaired) electrons. The third-order valence-electron chi connectivity index (χ3n) is 1.89. The van der Waals surface area contributed by atoms with Crippen LogP contribution in [-0.4, -0.2) is 21.0 Å². The number of nitrogens with one attached hydrogen (secondary N) is 1. The zero-order valence-corrected chi connectivity index (χ0v) is 7.32. The quantitative estimate of drug-likeness (QED) is 0.653. The Kier molecular flexibility index (Phi) is 1.85. The SMILES string of the molecule is Nc1cnc2[nH]c(CC(=O)O)cc2c1. The van der Waals surface area contributed by atoms with Crippen LogP contribution in [-0.2, 0) is 11.2 Å². The van der Waals surface area contributed by atoms with Gasteiger partial charge in [0.25, 0.3) is 0 Å². The minimum absolute atomic E-state index is 0.0315. The Hall–Kier alpha value is -2.04. The Labute approximate surface area is 79.6 Å². The monoisotopic (exact) mass is 191 g/mol. The van der Waals surface area contributed by atoms with E-state index in [2.05, 4.69) is 9.97 Å². The van der Waals surface area contributed by atoms with Crippen molar-refractivity contribution >= 4 is 22.7 Å². The first-order valence-electron chi connectivity index (χ1n) is 4.10. The first-order valence-corrected chi connectivity index (χ1v) is 4.10. The van der Waals surface area contributed by atoms with Crippen molar-refractivity contribution < 1.29 is 9.90 Å². The first-order chi connectivity index (χ1) is 6.65. The highest BCUT2D eigenvalue weighted by Crippen LogP contribution is 2.15. The zero-order chi connectivity index (χ0) is 10.1. The Morgan fingerprint density at radius 3 is 3.07 bits per heavy atom. The molecule has 2 heterocycles. The minimum Gasteiger partial charge on any atom is -0.481 e. The average molecular weight is 191 g/mol. The maximum absolute atomic E-state index is 10.4. The number of H-pyrrole nitrogens is 1. The van der Waals surface area contributed by atoms with E-state index in [1.807, 2.05) is 0 Å². The van der Waals surface area contributed by atoms with Crippen molar-refractivity contribution in [1.82, 2.24) is 9.97 Å². The number of aromatic amines is 1. The molecule has 0 spiro atoms. The molecule has 5 nitrogen and oxygen atoms in total. The molecule has 2 rings (SSSR count). The fraction of sp³-hybridized carbons (Fsp3) is 0.111. The summed E-state index contributed by atoms with van der Waals surface area (Å²) in [5, 5.41) is 9.42.